The Kier molecular flexibility index (Phi) is 4.95. The molecule has 1 fully saturated rings. The smallest absolute Gasteiger partial charge is 0.257 e. The number of nitrogens with zero attached hydrogens (tertiary/aromatic N) is 5. The van der Waals surface area contributed by atoms with Crippen molar-refractivity contribution in [1.82, 2.24) is 19.9 Å². The summed E-state index contributed by atoms with van der Waals surface area (Å²) in [6.07, 6.45) is 0. The number of carbonyl (C=O) groups excluding carboxylic acids is 1. The topological polar surface area (TPSA) is 95.5 Å². The monoisotopic (exact) mass is 341 g/mol. The highest BCUT2D eigenvalue weighted by Crippen LogP contribution is 2.26. The van der Waals surface area contributed by atoms with Crippen molar-refractivity contribution in [1.29, 1.82) is 5.26 Å². The summed E-state index contributed by atoms with van der Waals surface area (Å²) in [6.45, 7) is 3.40. The lowest BCUT2D eigenvalue weighted by atomic mass is 10.1. The van der Waals surface area contributed by atoms with E-state index < -0.39 is 0 Å². The molecule has 1 aliphatic heterocycles. The summed E-state index contributed by atoms with van der Waals surface area (Å²) < 4.78 is 10.7. The van der Waals surface area contributed by atoms with Crippen LogP contribution >= 0.6 is 0 Å². The van der Waals surface area contributed by atoms with E-state index in [1.54, 1.807) is 36.1 Å². The Hall–Kier alpha value is -2.92. The average Bonchev–Trinajstić information content (AvgIpc) is 3.06. The lowest BCUT2D eigenvalue weighted by molar-refractivity contribution is 0.0486. The van der Waals surface area contributed by atoms with Crippen LogP contribution in [-0.2, 0) is 0 Å². The molecule has 8 nitrogen and oxygen atoms in total. The largest absolute Gasteiger partial charge is 0.478 e. The van der Waals surface area contributed by atoms with Crippen LogP contribution in [0, 0.1) is 18.3 Å². The van der Waals surface area contributed by atoms with Gasteiger partial charge in [0, 0.05) is 19.6 Å². The number of rotatable bonds is 4. The maximum Gasteiger partial charge on any atom is 0.257 e. The van der Waals surface area contributed by atoms with Crippen LogP contribution in [0.25, 0.3) is 0 Å². The van der Waals surface area contributed by atoms with Gasteiger partial charge in [-0.15, -0.1) is 0 Å². The molecule has 1 saturated heterocycles. The minimum atomic E-state index is -0.147. The molecule has 1 atom stereocenters. The number of hydrogen-bond acceptors (Lipinski definition) is 7. The SMILES string of the molecule is Cc1noc([C@H]2CN(C(=O)c3ccccc3OCC#N)CCN2C)n1. The molecule has 0 radical (unpaired) electrons. The van der Waals surface area contributed by atoms with E-state index in [-0.39, 0.29) is 18.6 Å². The number of carbonyl (C=O) groups is 1. The Labute approximate surface area is 145 Å². The molecule has 0 spiro atoms. The van der Waals surface area contributed by atoms with Crippen LogP contribution in [0.5, 0.6) is 5.75 Å². The minimum Gasteiger partial charge on any atom is -0.478 e. The van der Waals surface area contributed by atoms with E-state index in [2.05, 4.69) is 15.0 Å². The lowest BCUT2D eigenvalue weighted by Crippen LogP contribution is -2.49. The predicted molar refractivity (Wildman–Crippen MR) is 87.9 cm³/mol. The standard InChI is InChI=1S/C17H19N5O3/c1-12-19-16(25-20-12)14-11-22(9-8-21(14)2)17(23)13-5-3-4-6-15(13)24-10-7-18/h3-6,14H,8-11H2,1-2H3/t14-/m1/s1. The van der Waals surface area contributed by atoms with E-state index in [4.69, 9.17) is 14.5 Å². The molecule has 0 N–H and O–H groups in total. The van der Waals surface area contributed by atoms with Crippen LogP contribution < -0.4 is 4.74 Å². The van der Waals surface area contributed by atoms with Gasteiger partial charge in [0.2, 0.25) is 5.89 Å². The van der Waals surface area contributed by atoms with Gasteiger partial charge in [-0.1, -0.05) is 17.3 Å². The summed E-state index contributed by atoms with van der Waals surface area (Å²) in [5, 5.41) is 12.5. The summed E-state index contributed by atoms with van der Waals surface area (Å²) in [6, 6.07) is 8.73. The third kappa shape index (κ3) is 3.61. The van der Waals surface area contributed by atoms with Gasteiger partial charge >= 0.3 is 0 Å². The van der Waals surface area contributed by atoms with E-state index in [0.717, 1.165) is 0 Å². The third-order valence-electron chi connectivity index (χ3n) is 4.17. The molecule has 0 aliphatic carbocycles. The van der Waals surface area contributed by atoms with Crippen LogP contribution in [0.1, 0.15) is 28.1 Å². The van der Waals surface area contributed by atoms with Crippen molar-refractivity contribution < 1.29 is 14.1 Å². The van der Waals surface area contributed by atoms with E-state index >= 15 is 0 Å². The number of piperazine rings is 1. The van der Waals surface area contributed by atoms with Crippen LogP contribution in [0.2, 0.25) is 0 Å². The summed E-state index contributed by atoms with van der Waals surface area (Å²) >= 11 is 0. The van der Waals surface area contributed by atoms with E-state index in [0.29, 0.717) is 42.7 Å². The minimum absolute atomic E-state index is 0.100. The number of para-hydroxylation sites is 1. The van der Waals surface area contributed by atoms with Gasteiger partial charge in [0.1, 0.15) is 17.9 Å². The molecule has 130 valence electrons. The van der Waals surface area contributed by atoms with Crippen molar-refractivity contribution in [3.8, 4) is 11.8 Å². The molecule has 8 heteroatoms. The van der Waals surface area contributed by atoms with E-state index in [1.165, 1.54) is 0 Å². The molecular formula is C17H19N5O3. The first-order chi connectivity index (χ1) is 12.1. The lowest BCUT2D eigenvalue weighted by Gasteiger charge is -2.37. The van der Waals surface area contributed by atoms with Gasteiger partial charge in [0.15, 0.2) is 12.4 Å². The fourth-order valence-electron chi connectivity index (χ4n) is 2.82. The molecule has 1 aliphatic rings. The van der Waals surface area contributed by atoms with Crippen molar-refractivity contribution in [2.24, 2.45) is 0 Å². The number of aromatic nitrogens is 2. The van der Waals surface area contributed by atoms with Crippen LogP contribution in [0.3, 0.4) is 0 Å². The number of aryl methyl sites for hydroxylation is 1. The second-order valence-corrected chi connectivity index (χ2v) is 5.87. The number of nitriles is 1. The fraction of sp³-hybridized carbons (Fsp3) is 0.412. The van der Waals surface area contributed by atoms with Crippen LogP contribution in [0.15, 0.2) is 28.8 Å². The number of benzene rings is 1. The van der Waals surface area contributed by atoms with Crippen molar-refractivity contribution in [3.63, 3.8) is 0 Å². The summed E-state index contributed by atoms with van der Waals surface area (Å²) in [5.74, 6) is 1.36. The highest BCUT2D eigenvalue weighted by Gasteiger charge is 2.33. The summed E-state index contributed by atoms with van der Waals surface area (Å²) in [4.78, 5) is 21.1. The average molecular weight is 341 g/mol. The second kappa shape index (κ2) is 7.32. The molecule has 0 bridgehead atoms. The Bertz CT molecular complexity index is 798. The van der Waals surface area contributed by atoms with Crippen molar-refractivity contribution in [3.05, 3.63) is 41.5 Å². The van der Waals surface area contributed by atoms with Crippen molar-refractivity contribution in [2.75, 3.05) is 33.3 Å². The molecule has 1 aromatic carbocycles. The first-order valence-electron chi connectivity index (χ1n) is 7.98. The van der Waals surface area contributed by atoms with Crippen LogP contribution in [-0.4, -0.2) is 59.1 Å². The van der Waals surface area contributed by atoms with Gasteiger partial charge in [-0.3, -0.25) is 9.69 Å². The Morgan fingerprint density at radius 3 is 2.96 bits per heavy atom. The predicted octanol–water partition coefficient (Wildman–Crippen LogP) is 1.41. The molecule has 0 saturated carbocycles. The Balaban J connectivity index is 1.80. The Morgan fingerprint density at radius 2 is 2.24 bits per heavy atom. The first kappa shape index (κ1) is 16.9. The molecular weight excluding hydrogens is 322 g/mol. The summed E-state index contributed by atoms with van der Waals surface area (Å²) in [5.41, 5.74) is 0.447. The maximum atomic E-state index is 13.0. The molecule has 1 aromatic heterocycles. The fourth-order valence-corrected chi connectivity index (χ4v) is 2.82. The van der Waals surface area contributed by atoms with Gasteiger partial charge in [-0.05, 0) is 26.1 Å². The zero-order chi connectivity index (χ0) is 17.8. The zero-order valence-electron chi connectivity index (χ0n) is 14.2. The third-order valence-corrected chi connectivity index (χ3v) is 4.17. The molecule has 1 amide bonds. The van der Waals surface area contributed by atoms with Gasteiger partial charge in [0.25, 0.3) is 5.91 Å². The Morgan fingerprint density at radius 1 is 1.44 bits per heavy atom. The molecule has 2 aromatic rings. The number of hydrogen-bond donors (Lipinski definition) is 0. The van der Waals surface area contributed by atoms with E-state index in [1.807, 2.05) is 13.1 Å². The number of likely N-dealkylation sites (N-methyl/N-ethyl adjacent to an activating group) is 1. The normalized spacial score (nSPS) is 18.0. The van der Waals surface area contributed by atoms with Crippen LogP contribution in [0.4, 0.5) is 0 Å². The summed E-state index contributed by atoms with van der Waals surface area (Å²) in [7, 11) is 1.97. The quantitative estimate of drug-likeness (QED) is 0.829. The molecule has 0 unspecified atom stereocenters. The number of ether oxygens (including phenoxy) is 1. The van der Waals surface area contributed by atoms with Gasteiger partial charge in [-0.2, -0.15) is 10.2 Å². The highest BCUT2D eigenvalue weighted by atomic mass is 16.5. The maximum absolute atomic E-state index is 13.0. The number of amides is 1. The molecule has 2 heterocycles. The molecule has 3 rings (SSSR count). The van der Waals surface area contributed by atoms with Gasteiger partial charge < -0.3 is 14.2 Å². The van der Waals surface area contributed by atoms with Gasteiger partial charge in [-0.25, -0.2) is 0 Å². The van der Waals surface area contributed by atoms with Crippen molar-refractivity contribution in [2.45, 2.75) is 13.0 Å². The van der Waals surface area contributed by atoms with Gasteiger partial charge in [0.05, 0.1) is 5.56 Å². The second-order valence-electron chi connectivity index (χ2n) is 5.87. The van der Waals surface area contributed by atoms with E-state index in [9.17, 15) is 4.79 Å². The zero-order valence-corrected chi connectivity index (χ0v) is 14.2. The molecule has 25 heavy (non-hydrogen) atoms. The highest BCUT2D eigenvalue weighted by molar-refractivity contribution is 5.97. The van der Waals surface area contributed by atoms with Crippen molar-refractivity contribution >= 4 is 5.91 Å². The first-order valence-corrected chi connectivity index (χ1v) is 7.98.